The molecule has 1 aliphatic heterocycles. The molecule has 0 amide bonds. The number of rotatable bonds is 2. The minimum atomic E-state index is 0.903. The van der Waals surface area contributed by atoms with Crippen molar-refractivity contribution in [3.05, 3.63) is 0 Å². The van der Waals surface area contributed by atoms with Crippen LogP contribution in [0.15, 0.2) is 0 Å². The quantitative estimate of drug-likeness (QED) is 0.389. The van der Waals surface area contributed by atoms with E-state index in [9.17, 15) is 0 Å². The van der Waals surface area contributed by atoms with Gasteiger partial charge in [-0.2, -0.15) is 0 Å². The van der Waals surface area contributed by atoms with Crippen LogP contribution in [0.5, 0.6) is 0 Å². The lowest BCUT2D eigenvalue weighted by molar-refractivity contribution is 0.518. The molecule has 0 radical (unpaired) electrons. The zero-order valence-corrected chi connectivity index (χ0v) is 7.55. The minimum absolute atomic E-state index is 0.903. The van der Waals surface area contributed by atoms with Crippen LogP contribution in [-0.4, -0.2) is 29.0 Å². The molecule has 0 aliphatic carbocycles. The monoisotopic (exact) mass is 225 g/mol. The third-order valence-corrected chi connectivity index (χ3v) is 3.20. The van der Waals surface area contributed by atoms with E-state index in [0.717, 1.165) is 12.0 Å². The van der Waals surface area contributed by atoms with Gasteiger partial charge >= 0.3 is 0 Å². The zero-order valence-electron chi connectivity index (χ0n) is 5.39. The first kappa shape index (κ1) is 6.81. The van der Waals surface area contributed by atoms with Gasteiger partial charge in [0.2, 0.25) is 0 Å². The number of alkyl halides is 1. The maximum Gasteiger partial charge on any atom is 0.0253 e. The Morgan fingerprint density at radius 3 is 2.50 bits per heavy atom. The van der Waals surface area contributed by atoms with E-state index in [1.807, 2.05) is 0 Å². The van der Waals surface area contributed by atoms with E-state index in [4.69, 9.17) is 0 Å². The first-order valence-electron chi connectivity index (χ1n) is 3.02. The number of likely N-dealkylation sites (N-methyl/N-ethyl adjacent to an activating group) is 1. The molecule has 0 aromatic rings. The van der Waals surface area contributed by atoms with Gasteiger partial charge in [0.1, 0.15) is 0 Å². The average molecular weight is 225 g/mol. The number of halogens is 1. The molecule has 0 bridgehead atoms. The molecule has 1 aliphatic rings. The summed E-state index contributed by atoms with van der Waals surface area (Å²) in [4.78, 5) is 2.39. The van der Waals surface area contributed by atoms with E-state index in [1.165, 1.54) is 11.0 Å². The SMILES string of the molecule is CC(CI)C1CN1C. The van der Waals surface area contributed by atoms with Gasteiger partial charge in [0.15, 0.2) is 0 Å². The molecule has 0 aromatic carbocycles. The van der Waals surface area contributed by atoms with Crippen LogP contribution in [0, 0.1) is 5.92 Å². The third kappa shape index (κ3) is 1.35. The van der Waals surface area contributed by atoms with Gasteiger partial charge in [0, 0.05) is 17.0 Å². The molecule has 8 heavy (non-hydrogen) atoms. The lowest BCUT2D eigenvalue weighted by Crippen LogP contribution is -2.08. The Labute approximate surface area is 64.6 Å². The Morgan fingerprint density at radius 2 is 2.38 bits per heavy atom. The van der Waals surface area contributed by atoms with Gasteiger partial charge < -0.3 is 4.90 Å². The van der Waals surface area contributed by atoms with Crippen molar-refractivity contribution in [2.45, 2.75) is 13.0 Å². The second-order valence-electron chi connectivity index (χ2n) is 2.64. The number of nitrogens with zero attached hydrogens (tertiary/aromatic N) is 1. The largest absolute Gasteiger partial charge is 0.300 e. The molecule has 1 nitrogen and oxygen atoms in total. The first-order chi connectivity index (χ1) is 3.75. The summed E-state index contributed by atoms with van der Waals surface area (Å²) in [5.74, 6) is 0.903. The summed E-state index contributed by atoms with van der Waals surface area (Å²) in [6.07, 6.45) is 0. The van der Waals surface area contributed by atoms with Gasteiger partial charge in [-0.15, -0.1) is 0 Å². The van der Waals surface area contributed by atoms with Crippen LogP contribution in [0.1, 0.15) is 6.92 Å². The van der Waals surface area contributed by atoms with Gasteiger partial charge in [-0.05, 0) is 13.0 Å². The average Bonchev–Trinajstić information content (AvgIpc) is 2.45. The zero-order chi connectivity index (χ0) is 6.15. The molecule has 0 aromatic heterocycles. The van der Waals surface area contributed by atoms with Gasteiger partial charge in [0.05, 0.1) is 0 Å². The van der Waals surface area contributed by atoms with Crippen LogP contribution in [0.3, 0.4) is 0 Å². The van der Waals surface area contributed by atoms with Crippen molar-refractivity contribution >= 4 is 22.6 Å². The summed E-state index contributed by atoms with van der Waals surface area (Å²) < 4.78 is 1.30. The molecular formula is C6H12IN. The van der Waals surface area contributed by atoms with Crippen molar-refractivity contribution in [1.82, 2.24) is 4.90 Å². The number of hydrogen-bond donors (Lipinski definition) is 0. The fourth-order valence-corrected chi connectivity index (χ4v) is 1.55. The smallest absolute Gasteiger partial charge is 0.0253 e. The first-order valence-corrected chi connectivity index (χ1v) is 4.54. The summed E-state index contributed by atoms with van der Waals surface area (Å²) in [5, 5.41) is 0. The van der Waals surface area contributed by atoms with Gasteiger partial charge in [0.25, 0.3) is 0 Å². The topological polar surface area (TPSA) is 3.01 Å². The molecule has 0 N–H and O–H groups in total. The summed E-state index contributed by atoms with van der Waals surface area (Å²) in [6, 6.07) is 0.909. The van der Waals surface area contributed by atoms with Crippen molar-refractivity contribution in [1.29, 1.82) is 0 Å². The molecule has 1 heterocycles. The molecule has 1 saturated heterocycles. The predicted octanol–water partition coefficient (Wildman–Crippen LogP) is 1.37. The summed E-state index contributed by atoms with van der Waals surface area (Å²) in [7, 11) is 2.19. The van der Waals surface area contributed by atoms with Crippen molar-refractivity contribution in [2.75, 3.05) is 18.0 Å². The second-order valence-corrected chi connectivity index (χ2v) is 3.52. The van der Waals surface area contributed by atoms with Gasteiger partial charge in [-0.25, -0.2) is 0 Å². The fourth-order valence-electron chi connectivity index (χ4n) is 0.965. The molecule has 48 valence electrons. The van der Waals surface area contributed by atoms with E-state index in [2.05, 4.69) is 41.5 Å². The Hall–Kier alpha value is 0.690. The molecule has 3 atom stereocenters. The van der Waals surface area contributed by atoms with E-state index in [-0.39, 0.29) is 0 Å². The maximum atomic E-state index is 2.45. The Kier molecular flexibility index (Phi) is 2.14. The molecule has 1 rings (SSSR count). The fraction of sp³-hybridized carbons (Fsp3) is 1.00. The van der Waals surface area contributed by atoms with Crippen LogP contribution in [0.4, 0.5) is 0 Å². The molecule has 0 spiro atoms. The van der Waals surface area contributed by atoms with E-state index < -0.39 is 0 Å². The number of hydrogen-bond acceptors (Lipinski definition) is 1. The standard InChI is InChI=1S/C6H12IN/c1-5(3-7)6-4-8(6)2/h5-6H,3-4H2,1-2H3. The molecular weight excluding hydrogens is 213 g/mol. The lowest BCUT2D eigenvalue weighted by atomic mass is 10.1. The molecule has 1 fully saturated rings. The lowest BCUT2D eigenvalue weighted by Gasteiger charge is -2.02. The highest BCUT2D eigenvalue weighted by molar-refractivity contribution is 14.1. The van der Waals surface area contributed by atoms with Gasteiger partial charge in [-0.3, -0.25) is 0 Å². The van der Waals surface area contributed by atoms with Crippen LogP contribution in [0.25, 0.3) is 0 Å². The van der Waals surface area contributed by atoms with Crippen LogP contribution >= 0.6 is 22.6 Å². The minimum Gasteiger partial charge on any atom is -0.300 e. The maximum absolute atomic E-state index is 2.45. The van der Waals surface area contributed by atoms with Crippen molar-refractivity contribution in [2.24, 2.45) is 5.92 Å². The summed E-state index contributed by atoms with van der Waals surface area (Å²) in [6.45, 7) is 3.64. The van der Waals surface area contributed by atoms with E-state index in [0.29, 0.717) is 0 Å². The Morgan fingerprint density at radius 1 is 1.88 bits per heavy atom. The van der Waals surface area contributed by atoms with Crippen molar-refractivity contribution < 1.29 is 0 Å². The molecule has 3 unspecified atom stereocenters. The van der Waals surface area contributed by atoms with Crippen molar-refractivity contribution in [3.63, 3.8) is 0 Å². The normalized spacial score (nSPS) is 39.4. The van der Waals surface area contributed by atoms with Crippen LogP contribution < -0.4 is 0 Å². The van der Waals surface area contributed by atoms with Gasteiger partial charge in [-0.1, -0.05) is 29.5 Å². The third-order valence-electron chi connectivity index (χ3n) is 1.81. The second kappa shape index (κ2) is 2.52. The Bertz CT molecular complexity index is 82.6. The van der Waals surface area contributed by atoms with Crippen LogP contribution in [0.2, 0.25) is 0 Å². The van der Waals surface area contributed by atoms with Crippen LogP contribution in [-0.2, 0) is 0 Å². The summed E-state index contributed by atoms with van der Waals surface area (Å²) in [5.41, 5.74) is 0. The highest BCUT2D eigenvalue weighted by Crippen LogP contribution is 2.23. The summed E-state index contributed by atoms with van der Waals surface area (Å²) >= 11 is 2.45. The van der Waals surface area contributed by atoms with E-state index in [1.54, 1.807) is 0 Å². The highest BCUT2D eigenvalue weighted by atomic mass is 127. The molecule has 2 heteroatoms. The predicted molar refractivity (Wildman–Crippen MR) is 44.5 cm³/mol. The highest BCUT2D eigenvalue weighted by Gasteiger charge is 2.33. The molecule has 0 saturated carbocycles. The Balaban J connectivity index is 2.18. The van der Waals surface area contributed by atoms with E-state index >= 15 is 0 Å². The van der Waals surface area contributed by atoms with Crippen molar-refractivity contribution in [3.8, 4) is 0 Å².